The SMILES string of the molecule is [B]N1CCc2cc3c(cc2CC1)NC(C)(C)CC3. The summed E-state index contributed by atoms with van der Waals surface area (Å²) in [5.41, 5.74) is 6.04. The van der Waals surface area contributed by atoms with Crippen molar-refractivity contribution in [3.63, 3.8) is 0 Å². The molecule has 2 aliphatic heterocycles. The molecule has 0 saturated carbocycles. The number of hydrogen-bond acceptors (Lipinski definition) is 2. The van der Waals surface area contributed by atoms with Crippen LogP contribution in [0.15, 0.2) is 12.1 Å². The van der Waals surface area contributed by atoms with Crippen LogP contribution in [0.25, 0.3) is 0 Å². The minimum absolute atomic E-state index is 0.228. The predicted molar refractivity (Wildman–Crippen MR) is 77.2 cm³/mol. The third kappa shape index (κ3) is 2.28. The van der Waals surface area contributed by atoms with Crippen LogP contribution in [0.3, 0.4) is 0 Å². The molecule has 3 heteroatoms. The van der Waals surface area contributed by atoms with E-state index in [-0.39, 0.29) is 5.54 Å². The lowest BCUT2D eigenvalue weighted by Crippen LogP contribution is -2.35. The van der Waals surface area contributed by atoms with E-state index in [1.165, 1.54) is 35.2 Å². The summed E-state index contributed by atoms with van der Waals surface area (Å²) in [4.78, 5) is 1.94. The molecule has 18 heavy (non-hydrogen) atoms. The Morgan fingerprint density at radius 2 is 1.72 bits per heavy atom. The monoisotopic (exact) mass is 240 g/mol. The fourth-order valence-corrected chi connectivity index (χ4v) is 3.04. The Hall–Kier alpha value is -0.955. The van der Waals surface area contributed by atoms with Gasteiger partial charge in [0.05, 0.1) is 0 Å². The van der Waals surface area contributed by atoms with E-state index in [2.05, 4.69) is 31.3 Å². The van der Waals surface area contributed by atoms with Gasteiger partial charge in [0, 0.05) is 11.2 Å². The van der Waals surface area contributed by atoms with Gasteiger partial charge >= 0.3 is 0 Å². The van der Waals surface area contributed by atoms with Crippen LogP contribution in [0.2, 0.25) is 0 Å². The maximum atomic E-state index is 5.93. The van der Waals surface area contributed by atoms with Crippen LogP contribution in [0.4, 0.5) is 5.69 Å². The van der Waals surface area contributed by atoms with E-state index in [0.29, 0.717) is 0 Å². The molecular formula is C15H21BN2. The molecule has 2 heterocycles. The lowest BCUT2D eigenvalue weighted by Gasteiger charge is -2.34. The number of rotatable bonds is 0. The van der Waals surface area contributed by atoms with Gasteiger partial charge in [-0.2, -0.15) is 0 Å². The highest BCUT2D eigenvalue weighted by Crippen LogP contribution is 2.33. The van der Waals surface area contributed by atoms with E-state index < -0.39 is 0 Å². The van der Waals surface area contributed by atoms with Crippen molar-refractivity contribution in [3.8, 4) is 0 Å². The average molecular weight is 240 g/mol. The summed E-state index contributed by atoms with van der Waals surface area (Å²) in [5.74, 6) is 0. The van der Waals surface area contributed by atoms with Crippen LogP contribution in [-0.2, 0) is 19.3 Å². The molecule has 3 rings (SSSR count). The van der Waals surface area contributed by atoms with Crippen LogP contribution in [0.1, 0.15) is 37.0 Å². The van der Waals surface area contributed by atoms with Crippen molar-refractivity contribution < 1.29 is 0 Å². The first kappa shape index (κ1) is 12.1. The Morgan fingerprint density at radius 3 is 2.44 bits per heavy atom. The Morgan fingerprint density at radius 1 is 1.06 bits per heavy atom. The quantitative estimate of drug-likeness (QED) is 0.700. The maximum Gasteiger partial charge on any atom is 0.182 e. The first-order valence-corrected chi connectivity index (χ1v) is 6.96. The van der Waals surface area contributed by atoms with Crippen LogP contribution < -0.4 is 5.32 Å². The first-order valence-electron chi connectivity index (χ1n) is 6.96. The molecule has 2 aliphatic rings. The lowest BCUT2D eigenvalue weighted by molar-refractivity contribution is 0.476. The van der Waals surface area contributed by atoms with Crippen LogP contribution in [0, 0.1) is 0 Å². The molecule has 0 spiro atoms. The fraction of sp³-hybridized carbons (Fsp3) is 0.600. The van der Waals surface area contributed by atoms with E-state index in [0.717, 1.165) is 25.9 Å². The van der Waals surface area contributed by atoms with Gasteiger partial charge in [-0.1, -0.05) is 6.07 Å². The maximum absolute atomic E-state index is 5.93. The van der Waals surface area contributed by atoms with Crippen LogP contribution in [0.5, 0.6) is 0 Å². The van der Waals surface area contributed by atoms with E-state index in [4.69, 9.17) is 7.98 Å². The molecule has 0 bridgehead atoms. The highest BCUT2D eigenvalue weighted by atomic mass is 15.0. The second-order valence-electron chi connectivity index (χ2n) is 6.32. The summed E-state index contributed by atoms with van der Waals surface area (Å²) in [7, 11) is 5.93. The van der Waals surface area contributed by atoms with Gasteiger partial charge in [0.1, 0.15) is 0 Å². The van der Waals surface area contributed by atoms with E-state index >= 15 is 0 Å². The van der Waals surface area contributed by atoms with Gasteiger partial charge in [-0.25, -0.2) is 0 Å². The summed E-state index contributed by atoms with van der Waals surface area (Å²) in [6.45, 7) is 6.51. The largest absolute Gasteiger partial charge is 0.380 e. The number of hydrogen-bond donors (Lipinski definition) is 1. The third-order valence-corrected chi connectivity index (χ3v) is 4.25. The van der Waals surface area contributed by atoms with Crippen molar-refractivity contribution in [2.45, 2.75) is 45.1 Å². The number of fused-ring (bicyclic) bond motifs is 2. The molecule has 1 aromatic rings. The zero-order valence-electron chi connectivity index (χ0n) is 11.4. The average Bonchev–Trinajstić information content (AvgIpc) is 2.48. The standard InChI is InChI=1S/C15H21BN2/c1-15(2)6-3-13-9-11-4-7-18(16)8-5-12(11)10-14(13)17-15/h9-10,17H,3-8H2,1-2H3. The number of aryl methyl sites for hydroxylation is 1. The summed E-state index contributed by atoms with van der Waals surface area (Å²) in [5, 5.41) is 3.67. The van der Waals surface area contributed by atoms with E-state index in [1.54, 1.807) is 0 Å². The highest BCUT2D eigenvalue weighted by molar-refractivity contribution is 6.04. The van der Waals surface area contributed by atoms with Crippen LogP contribution in [-0.4, -0.2) is 31.4 Å². The molecular weight excluding hydrogens is 219 g/mol. The molecule has 2 nitrogen and oxygen atoms in total. The second kappa shape index (κ2) is 4.31. The van der Waals surface area contributed by atoms with Gasteiger partial charge in [0.15, 0.2) is 7.98 Å². The van der Waals surface area contributed by atoms with Gasteiger partial charge in [-0.3, -0.25) is 0 Å². The third-order valence-electron chi connectivity index (χ3n) is 4.25. The van der Waals surface area contributed by atoms with Crippen LogP contribution >= 0.6 is 0 Å². The summed E-state index contributed by atoms with van der Waals surface area (Å²) in [6, 6.07) is 4.77. The van der Waals surface area contributed by atoms with Gasteiger partial charge in [-0.05, 0) is 75.4 Å². The Kier molecular flexibility index (Phi) is 2.89. The fourth-order valence-electron chi connectivity index (χ4n) is 3.04. The summed E-state index contributed by atoms with van der Waals surface area (Å²) in [6.07, 6.45) is 4.56. The smallest absolute Gasteiger partial charge is 0.182 e. The van der Waals surface area contributed by atoms with Gasteiger partial charge < -0.3 is 10.1 Å². The molecule has 1 N–H and O–H groups in total. The molecule has 2 radical (unpaired) electrons. The minimum Gasteiger partial charge on any atom is -0.380 e. The van der Waals surface area contributed by atoms with Crippen molar-refractivity contribution in [2.75, 3.05) is 18.4 Å². The zero-order chi connectivity index (χ0) is 12.8. The van der Waals surface area contributed by atoms with Crippen molar-refractivity contribution >= 4 is 13.7 Å². The number of nitrogens with one attached hydrogen (secondary N) is 1. The zero-order valence-corrected chi connectivity index (χ0v) is 11.4. The topological polar surface area (TPSA) is 15.3 Å². The molecule has 0 amide bonds. The lowest BCUT2D eigenvalue weighted by atomic mass is 9.87. The number of benzene rings is 1. The Labute approximate surface area is 111 Å². The Balaban J connectivity index is 1.96. The number of anilines is 1. The predicted octanol–water partition coefficient (Wildman–Crippen LogP) is 2.31. The van der Waals surface area contributed by atoms with Gasteiger partial charge in [0.2, 0.25) is 0 Å². The molecule has 0 saturated heterocycles. The molecule has 0 aromatic heterocycles. The molecule has 0 fully saturated rings. The van der Waals surface area contributed by atoms with Crippen molar-refractivity contribution in [3.05, 3.63) is 28.8 Å². The minimum atomic E-state index is 0.228. The summed E-state index contributed by atoms with van der Waals surface area (Å²) < 4.78 is 0. The Bertz CT molecular complexity index is 468. The van der Waals surface area contributed by atoms with Crippen molar-refractivity contribution in [1.29, 1.82) is 0 Å². The van der Waals surface area contributed by atoms with Crippen molar-refractivity contribution in [1.82, 2.24) is 4.81 Å². The first-order chi connectivity index (χ1) is 8.53. The molecule has 94 valence electrons. The van der Waals surface area contributed by atoms with E-state index in [9.17, 15) is 0 Å². The normalized spacial score (nSPS) is 22.6. The second-order valence-corrected chi connectivity index (χ2v) is 6.32. The molecule has 1 aromatic carbocycles. The molecule has 0 unspecified atom stereocenters. The van der Waals surface area contributed by atoms with E-state index in [1.807, 2.05) is 4.81 Å². The number of nitrogens with zero attached hydrogens (tertiary/aromatic N) is 1. The van der Waals surface area contributed by atoms with Gasteiger partial charge in [0.25, 0.3) is 0 Å². The molecule has 0 atom stereocenters. The van der Waals surface area contributed by atoms with Crippen molar-refractivity contribution in [2.24, 2.45) is 0 Å². The molecule has 0 aliphatic carbocycles. The van der Waals surface area contributed by atoms with Gasteiger partial charge in [-0.15, -0.1) is 0 Å². The highest BCUT2D eigenvalue weighted by Gasteiger charge is 2.25. The summed E-state index contributed by atoms with van der Waals surface area (Å²) >= 11 is 0.